The normalized spacial score (nSPS) is 15.8. The third-order valence-corrected chi connectivity index (χ3v) is 4.70. The van der Waals surface area contributed by atoms with Crippen molar-refractivity contribution in [3.05, 3.63) is 29.8 Å². The average Bonchev–Trinajstić information content (AvgIpc) is 3.10. The van der Waals surface area contributed by atoms with Crippen LogP contribution < -0.4 is 15.5 Å². The molecule has 4 nitrogen and oxygen atoms in total. The summed E-state index contributed by atoms with van der Waals surface area (Å²) in [7, 11) is 0. The monoisotopic (exact) mass is 462 g/mol. The molecule has 0 spiro atoms. The highest BCUT2D eigenvalue weighted by Crippen LogP contribution is 2.23. The molecule has 1 heterocycles. The van der Waals surface area contributed by atoms with E-state index in [4.69, 9.17) is 0 Å². The molecule has 0 radical (unpaired) electrons. The van der Waals surface area contributed by atoms with Crippen molar-refractivity contribution >= 4 is 47.4 Å². The second kappa shape index (κ2) is 11.8. The van der Waals surface area contributed by atoms with E-state index in [2.05, 4.69) is 64.9 Å². The van der Waals surface area contributed by atoms with Gasteiger partial charge in [-0.15, -0.1) is 24.0 Å². The first-order valence-electron chi connectivity index (χ1n) is 8.63. The molecule has 0 amide bonds. The Hall–Kier alpha value is -0.630. The van der Waals surface area contributed by atoms with Crippen molar-refractivity contribution in [3.8, 4) is 0 Å². The van der Waals surface area contributed by atoms with Crippen LogP contribution in [0.1, 0.15) is 38.3 Å². The molecular weight excluding hydrogens is 431 g/mol. The van der Waals surface area contributed by atoms with E-state index in [1.54, 1.807) is 0 Å². The minimum atomic E-state index is 0. The highest BCUT2D eigenvalue weighted by molar-refractivity contribution is 14.0. The molecule has 24 heavy (non-hydrogen) atoms. The van der Waals surface area contributed by atoms with Crippen LogP contribution in [0.4, 0.5) is 5.69 Å². The Bertz CT molecular complexity index is 504. The Morgan fingerprint density at radius 1 is 1.33 bits per heavy atom. The summed E-state index contributed by atoms with van der Waals surface area (Å²) in [6.07, 6.45) is 4.73. The fourth-order valence-electron chi connectivity index (χ4n) is 2.82. The van der Waals surface area contributed by atoms with E-state index >= 15 is 0 Å². The Morgan fingerprint density at radius 2 is 2.08 bits per heavy atom. The molecule has 1 aliphatic rings. The lowest BCUT2D eigenvalue weighted by Gasteiger charge is -2.22. The summed E-state index contributed by atoms with van der Waals surface area (Å²) in [4.78, 5) is 7.11. The number of benzene rings is 1. The highest BCUT2D eigenvalue weighted by atomic mass is 127. The van der Waals surface area contributed by atoms with Crippen LogP contribution in [0.5, 0.6) is 0 Å². The molecule has 1 unspecified atom stereocenters. The van der Waals surface area contributed by atoms with E-state index in [0.717, 1.165) is 24.8 Å². The number of nitrogens with zero attached hydrogens (tertiary/aromatic N) is 2. The van der Waals surface area contributed by atoms with Crippen LogP contribution >= 0.6 is 35.7 Å². The fourth-order valence-corrected chi connectivity index (χ4v) is 3.10. The summed E-state index contributed by atoms with van der Waals surface area (Å²) in [5.74, 6) is 1.95. The van der Waals surface area contributed by atoms with Crippen LogP contribution in [0.25, 0.3) is 0 Å². The van der Waals surface area contributed by atoms with Gasteiger partial charge in [-0.2, -0.15) is 11.8 Å². The lowest BCUT2D eigenvalue weighted by molar-refractivity contribution is 0.687. The van der Waals surface area contributed by atoms with Crippen molar-refractivity contribution in [2.45, 2.75) is 32.7 Å². The minimum absolute atomic E-state index is 0. The molecule has 2 N–H and O–H groups in total. The maximum Gasteiger partial charge on any atom is 0.191 e. The van der Waals surface area contributed by atoms with Gasteiger partial charge in [0, 0.05) is 31.1 Å². The van der Waals surface area contributed by atoms with E-state index in [9.17, 15) is 0 Å². The van der Waals surface area contributed by atoms with Crippen LogP contribution in [0.15, 0.2) is 29.3 Å². The second-order valence-electron chi connectivity index (χ2n) is 5.91. The zero-order chi connectivity index (χ0) is 16.5. The van der Waals surface area contributed by atoms with Crippen LogP contribution in [0, 0.1) is 0 Å². The lowest BCUT2D eigenvalue weighted by atomic mass is 10.1. The molecule has 1 saturated heterocycles. The quantitative estimate of drug-likeness (QED) is 0.279. The van der Waals surface area contributed by atoms with Crippen molar-refractivity contribution in [2.75, 3.05) is 43.1 Å². The SMILES string of the molecule is CCNC(=NCCSC)NC(C)c1cccc(N2CCCC2)c1.I. The molecule has 1 aromatic carbocycles. The molecule has 1 atom stereocenters. The molecular formula is C18H31IN4S. The van der Waals surface area contributed by atoms with Crippen LogP contribution in [0.3, 0.4) is 0 Å². The molecule has 1 aromatic rings. The summed E-state index contributed by atoms with van der Waals surface area (Å²) in [6, 6.07) is 9.14. The number of guanidine groups is 1. The Balaban J connectivity index is 0.00000288. The van der Waals surface area contributed by atoms with Crippen molar-refractivity contribution in [1.29, 1.82) is 0 Å². The van der Waals surface area contributed by atoms with Gasteiger partial charge in [0.05, 0.1) is 12.6 Å². The predicted molar refractivity (Wildman–Crippen MR) is 119 cm³/mol. The van der Waals surface area contributed by atoms with Gasteiger partial charge < -0.3 is 15.5 Å². The second-order valence-corrected chi connectivity index (χ2v) is 6.89. The van der Waals surface area contributed by atoms with Crippen molar-refractivity contribution in [1.82, 2.24) is 10.6 Å². The van der Waals surface area contributed by atoms with Crippen LogP contribution in [0.2, 0.25) is 0 Å². The first-order chi connectivity index (χ1) is 11.2. The zero-order valence-corrected chi connectivity index (χ0v) is 18.2. The van der Waals surface area contributed by atoms with E-state index in [1.165, 1.54) is 37.2 Å². The van der Waals surface area contributed by atoms with Gasteiger partial charge in [-0.3, -0.25) is 4.99 Å². The van der Waals surface area contributed by atoms with E-state index < -0.39 is 0 Å². The summed E-state index contributed by atoms with van der Waals surface area (Å²) >= 11 is 1.82. The Labute approximate surface area is 168 Å². The molecule has 0 bridgehead atoms. The van der Waals surface area contributed by atoms with Crippen LogP contribution in [-0.4, -0.2) is 44.1 Å². The molecule has 0 aliphatic carbocycles. The summed E-state index contributed by atoms with van der Waals surface area (Å²) in [5, 5.41) is 6.85. The van der Waals surface area contributed by atoms with E-state index in [0.29, 0.717) is 0 Å². The standard InChI is InChI=1S/C18H30N4S.HI/c1-4-19-18(20-10-13-23-3)21-15(2)16-8-7-9-17(14-16)22-11-5-6-12-22;/h7-9,14-15H,4-6,10-13H2,1-3H3,(H2,19,20,21);1H. The molecule has 1 aliphatic heterocycles. The molecule has 0 saturated carbocycles. The van der Waals surface area contributed by atoms with Gasteiger partial charge in [0.15, 0.2) is 5.96 Å². The van der Waals surface area contributed by atoms with Crippen molar-refractivity contribution < 1.29 is 0 Å². The first-order valence-corrected chi connectivity index (χ1v) is 10.0. The number of anilines is 1. The Morgan fingerprint density at radius 3 is 2.75 bits per heavy atom. The number of hydrogen-bond acceptors (Lipinski definition) is 3. The third kappa shape index (κ3) is 6.70. The van der Waals surface area contributed by atoms with Gasteiger partial charge in [-0.25, -0.2) is 0 Å². The summed E-state index contributed by atoms with van der Waals surface area (Å²) in [5.41, 5.74) is 2.66. The van der Waals surface area contributed by atoms with Gasteiger partial charge in [-0.05, 0) is 50.6 Å². The van der Waals surface area contributed by atoms with Crippen LogP contribution in [-0.2, 0) is 0 Å². The maximum atomic E-state index is 4.63. The molecule has 2 rings (SSSR count). The minimum Gasteiger partial charge on any atom is -0.372 e. The first kappa shape index (κ1) is 21.4. The third-order valence-electron chi connectivity index (χ3n) is 4.10. The van der Waals surface area contributed by atoms with Crippen molar-refractivity contribution in [3.63, 3.8) is 0 Å². The number of thioether (sulfide) groups is 1. The largest absolute Gasteiger partial charge is 0.372 e. The molecule has 1 fully saturated rings. The topological polar surface area (TPSA) is 39.7 Å². The van der Waals surface area contributed by atoms with Crippen molar-refractivity contribution in [2.24, 2.45) is 4.99 Å². The maximum absolute atomic E-state index is 4.63. The molecule has 0 aromatic heterocycles. The van der Waals surface area contributed by atoms with Gasteiger partial charge in [0.25, 0.3) is 0 Å². The zero-order valence-electron chi connectivity index (χ0n) is 15.0. The highest BCUT2D eigenvalue weighted by Gasteiger charge is 2.14. The summed E-state index contributed by atoms with van der Waals surface area (Å²) < 4.78 is 0. The van der Waals surface area contributed by atoms with E-state index in [-0.39, 0.29) is 30.0 Å². The lowest BCUT2D eigenvalue weighted by Crippen LogP contribution is -2.39. The number of aliphatic imine (C=N–C) groups is 1. The molecule has 136 valence electrons. The Kier molecular flexibility index (Phi) is 10.6. The smallest absolute Gasteiger partial charge is 0.191 e. The predicted octanol–water partition coefficient (Wildman–Crippen LogP) is 3.88. The van der Waals surface area contributed by atoms with E-state index in [1.807, 2.05) is 11.8 Å². The van der Waals surface area contributed by atoms with Gasteiger partial charge >= 0.3 is 0 Å². The number of nitrogens with one attached hydrogen (secondary N) is 2. The number of halogens is 1. The number of rotatable bonds is 7. The van der Waals surface area contributed by atoms with Gasteiger partial charge in [0.2, 0.25) is 0 Å². The van der Waals surface area contributed by atoms with Gasteiger partial charge in [-0.1, -0.05) is 12.1 Å². The fraction of sp³-hybridized carbons (Fsp3) is 0.611. The van der Waals surface area contributed by atoms with Gasteiger partial charge in [0.1, 0.15) is 0 Å². The number of hydrogen-bond donors (Lipinski definition) is 2. The average molecular weight is 462 g/mol. The molecule has 6 heteroatoms. The summed E-state index contributed by atoms with van der Waals surface area (Å²) in [6.45, 7) is 8.39.